The number of thioether (sulfide) groups is 1. The lowest BCUT2D eigenvalue weighted by atomic mass is 9.97. The largest absolute Gasteiger partial charge is 0.416 e. The van der Waals surface area contributed by atoms with Gasteiger partial charge >= 0.3 is 6.18 Å². The van der Waals surface area contributed by atoms with Gasteiger partial charge in [0.1, 0.15) is 0 Å². The molecule has 1 aromatic carbocycles. The van der Waals surface area contributed by atoms with E-state index < -0.39 is 23.0 Å². The van der Waals surface area contributed by atoms with Gasteiger partial charge in [0.2, 0.25) is 0 Å². The van der Waals surface area contributed by atoms with E-state index in [1.54, 1.807) is 0 Å². The van der Waals surface area contributed by atoms with Crippen LogP contribution in [0.4, 0.5) is 13.2 Å². The maximum atomic E-state index is 13.0. The van der Waals surface area contributed by atoms with Crippen molar-refractivity contribution in [3.05, 3.63) is 34.4 Å². The molecule has 7 heteroatoms. The lowest BCUT2D eigenvalue weighted by Crippen LogP contribution is -2.12. The fraction of sp³-hybridized carbons (Fsp3) is 0.417. The highest BCUT2D eigenvalue weighted by Crippen LogP contribution is 2.38. The summed E-state index contributed by atoms with van der Waals surface area (Å²) in [5, 5.41) is 1.86. The highest BCUT2D eigenvalue weighted by molar-refractivity contribution is 7.98. The van der Waals surface area contributed by atoms with E-state index in [1.807, 2.05) is 6.26 Å². The van der Waals surface area contributed by atoms with Crippen LogP contribution in [-0.4, -0.2) is 17.9 Å². The number of halogens is 4. The van der Waals surface area contributed by atoms with E-state index in [2.05, 4.69) is 5.32 Å². The monoisotopic (exact) mass is 309 g/mol. The van der Waals surface area contributed by atoms with Crippen LogP contribution in [-0.2, 0) is 12.7 Å². The highest BCUT2D eigenvalue weighted by atomic mass is 35.5. The Bertz CT molecular complexity index is 518. The van der Waals surface area contributed by atoms with Crippen molar-refractivity contribution < 1.29 is 18.0 Å². The van der Waals surface area contributed by atoms with E-state index in [-0.39, 0.29) is 17.7 Å². The molecule has 1 amide bonds. The second-order valence-electron chi connectivity index (χ2n) is 4.20. The van der Waals surface area contributed by atoms with Crippen molar-refractivity contribution in [1.29, 1.82) is 0 Å². The molecule has 0 aromatic heterocycles. The van der Waals surface area contributed by atoms with Crippen LogP contribution >= 0.6 is 23.4 Å². The van der Waals surface area contributed by atoms with Crippen LogP contribution < -0.4 is 5.32 Å². The molecule has 0 spiro atoms. The van der Waals surface area contributed by atoms with Gasteiger partial charge < -0.3 is 5.32 Å². The van der Waals surface area contributed by atoms with Gasteiger partial charge in [-0.05, 0) is 29.5 Å². The van der Waals surface area contributed by atoms with E-state index in [0.717, 1.165) is 6.07 Å². The van der Waals surface area contributed by atoms with Gasteiger partial charge in [-0.15, -0.1) is 11.6 Å². The molecule has 1 aliphatic rings. The van der Waals surface area contributed by atoms with Gasteiger partial charge in [0.05, 0.1) is 10.9 Å². The van der Waals surface area contributed by atoms with Gasteiger partial charge in [-0.3, -0.25) is 4.79 Å². The van der Waals surface area contributed by atoms with Gasteiger partial charge in [-0.1, -0.05) is 0 Å². The minimum Gasteiger partial charge on any atom is -0.348 e. The molecule has 1 unspecified atom stereocenters. The van der Waals surface area contributed by atoms with E-state index >= 15 is 0 Å². The minimum atomic E-state index is -4.48. The smallest absolute Gasteiger partial charge is 0.348 e. The molecule has 1 aromatic rings. The molecule has 0 bridgehead atoms. The fourth-order valence-electron chi connectivity index (χ4n) is 2.03. The number of benzene rings is 1. The molecular formula is C12H11ClF3NOS. The second-order valence-corrected chi connectivity index (χ2v) is 5.64. The molecule has 1 aliphatic heterocycles. The molecule has 0 radical (unpaired) electrons. The predicted octanol–water partition coefficient (Wildman–Crippen LogP) is 3.59. The molecule has 2 nitrogen and oxygen atoms in total. The molecule has 0 aliphatic carbocycles. The van der Waals surface area contributed by atoms with E-state index in [9.17, 15) is 18.0 Å². The summed E-state index contributed by atoms with van der Waals surface area (Å²) < 4.78 is 39.0. The summed E-state index contributed by atoms with van der Waals surface area (Å²) in [5.74, 6) is 0.00886. The molecule has 0 saturated carbocycles. The van der Waals surface area contributed by atoms with Crippen LogP contribution in [0.3, 0.4) is 0 Å². The summed E-state index contributed by atoms with van der Waals surface area (Å²) in [5.41, 5.74) is -0.352. The third-order valence-electron chi connectivity index (χ3n) is 2.92. The summed E-state index contributed by atoms with van der Waals surface area (Å²) in [7, 11) is 0. The van der Waals surface area contributed by atoms with Crippen molar-refractivity contribution in [2.75, 3.05) is 12.0 Å². The van der Waals surface area contributed by atoms with Crippen LogP contribution in [0.25, 0.3) is 0 Å². The average Bonchev–Trinajstić information content (AvgIpc) is 2.69. The molecule has 0 saturated heterocycles. The fourth-order valence-corrected chi connectivity index (χ4v) is 3.02. The molecule has 1 N–H and O–H groups in total. The SMILES string of the molecule is CSCC(Cl)c1cc2c(c(C(F)(F)F)c1)CNC2=O. The quantitative estimate of drug-likeness (QED) is 0.865. The maximum Gasteiger partial charge on any atom is 0.416 e. The zero-order valence-electron chi connectivity index (χ0n) is 9.97. The summed E-state index contributed by atoms with van der Waals surface area (Å²) in [6.07, 6.45) is -2.66. The number of alkyl halides is 4. The Hall–Kier alpha value is -0.880. The van der Waals surface area contributed by atoms with Gasteiger partial charge in [0, 0.05) is 17.9 Å². The predicted molar refractivity (Wildman–Crippen MR) is 69.6 cm³/mol. The number of amides is 1. The first-order valence-electron chi connectivity index (χ1n) is 5.49. The molecule has 2 rings (SSSR count). The Labute approximate surface area is 117 Å². The Morgan fingerprint density at radius 2 is 2.16 bits per heavy atom. The zero-order valence-corrected chi connectivity index (χ0v) is 11.5. The first-order valence-corrected chi connectivity index (χ1v) is 7.33. The number of nitrogens with one attached hydrogen (secondary N) is 1. The molecule has 1 atom stereocenters. The van der Waals surface area contributed by atoms with Crippen LogP contribution in [0, 0.1) is 0 Å². The Balaban J connectivity index is 2.55. The second kappa shape index (κ2) is 5.25. The Morgan fingerprint density at radius 3 is 2.74 bits per heavy atom. The van der Waals surface area contributed by atoms with Crippen LogP contribution in [0.15, 0.2) is 12.1 Å². The Morgan fingerprint density at radius 1 is 1.47 bits per heavy atom. The zero-order chi connectivity index (χ0) is 14.2. The molecule has 104 valence electrons. The lowest BCUT2D eigenvalue weighted by molar-refractivity contribution is -0.138. The summed E-state index contributed by atoms with van der Waals surface area (Å²) in [6.45, 7) is -0.0846. The number of hydrogen-bond donors (Lipinski definition) is 1. The average molecular weight is 310 g/mol. The molecular weight excluding hydrogens is 299 g/mol. The van der Waals surface area contributed by atoms with Crippen molar-refractivity contribution >= 4 is 29.3 Å². The molecule has 19 heavy (non-hydrogen) atoms. The van der Waals surface area contributed by atoms with E-state index in [1.165, 1.54) is 17.8 Å². The summed E-state index contributed by atoms with van der Waals surface area (Å²) in [4.78, 5) is 11.6. The third-order valence-corrected chi connectivity index (χ3v) is 4.18. The third kappa shape index (κ3) is 2.84. The number of rotatable bonds is 3. The van der Waals surface area contributed by atoms with Crippen LogP contribution in [0.1, 0.15) is 32.4 Å². The van der Waals surface area contributed by atoms with Crippen molar-refractivity contribution in [3.8, 4) is 0 Å². The van der Waals surface area contributed by atoms with Gasteiger partial charge in [-0.2, -0.15) is 24.9 Å². The highest BCUT2D eigenvalue weighted by Gasteiger charge is 2.38. The minimum absolute atomic E-state index is 0.00858. The van der Waals surface area contributed by atoms with Crippen LogP contribution in [0.5, 0.6) is 0 Å². The van der Waals surface area contributed by atoms with E-state index in [0.29, 0.717) is 11.3 Å². The topological polar surface area (TPSA) is 29.1 Å². The van der Waals surface area contributed by atoms with Gasteiger partial charge in [0.15, 0.2) is 0 Å². The number of fused-ring (bicyclic) bond motifs is 1. The van der Waals surface area contributed by atoms with Gasteiger partial charge in [0.25, 0.3) is 5.91 Å². The molecule has 1 heterocycles. The first kappa shape index (κ1) is 14.5. The van der Waals surface area contributed by atoms with Crippen molar-refractivity contribution in [3.63, 3.8) is 0 Å². The lowest BCUT2D eigenvalue weighted by Gasteiger charge is -2.15. The van der Waals surface area contributed by atoms with Crippen molar-refractivity contribution in [2.24, 2.45) is 0 Å². The summed E-state index contributed by atoms with van der Waals surface area (Å²) >= 11 is 7.50. The van der Waals surface area contributed by atoms with Crippen molar-refractivity contribution in [2.45, 2.75) is 18.1 Å². The Kier molecular flexibility index (Phi) is 4.01. The number of carbonyl (C=O) groups is 1. The van der Waals surface area contributed by atoms with Crippen LogP contribution in [0.2, 0.25) is 0 Å². The number of hydrogen-bond acceptors (Lipinski definition) is 2. The standard InChI is InChI=1S/C12H11ClF3NOS/c1-19-5-10(13)6-2-7-8(4-17-11(7)18)9(3-6)12(14,15)16/h2-3,10H,4-5H2,1H3,(H,17,18). The van der Waals surface area contributed by atoms with E-state index in [4.69, 9.17) is 11.6 Å². The number of carbonyl (C=O) groups excluding carboxylic acids is 1. The van der Waals surface area contributed by atoms with Gasteiger partial charge in [-0.25, -0.2) is 0 Å². The summed E-state index contributed by atoms with van der Waals surface area (Å²) in [6, 6.07) is 2.51. The normalized spacial score (nSPS) is 16.2. The molecule has 0 fully saturated rings. The van der Waals surface area contributed by atoms with Crippen molar-refractivity contribution in [1.82, 2.24) is 5.32 Å². The first-order chi connectivity index (χ1) is 8.84. The maximum absolute atomic E-state index is 13.0.